The summed E-state index contributed by atoms with van der Waals surface area (Å²) in [6.07, 6.45) is 1.81. The van der Waals surface area contributed by atoms with Crippen LogP contribution in [0.2, 0.25) is 0 Å². The van der Waals surface area contributed by atoms with Crippen LogP contribution < -0.4 is 5.73 Å². The highest BCUT2D eigenvalue weighted by molar-refractivity contribution is 5.82. The fourth-order valence-corrected chi connectivity index (χ4v) is 3.46. The van der Waals surface area contributed by atoms with E-state index >= 15 is 0 Å². The molecule has 1 aromatic rings. The highest BCUT2D eigenvalue weighted by Crippen LogP contribution is 2.19. The fourth-order valence-electron chi connectivity index (χ4n) is 3.46. The van der Waals surface area contributed by atoms with Crippen LogP contribution in [0.25, 0.3) is 0 Å². The Morgan fingerprint density at radius 2 is 1.78 bits per heavy atom. The van der Waals surface area contributed by atoms with Crippen molar-refractivity contribution >= 4 is 5.91 Å². The molecule has 1 atom stereocenters. The number of carbonyl (C=O) groups excluding carboxylic acids is 1. The first-order valence-corrected chi connectivity index (χ1v) is 8.62. The van der Waals surface area contributed by atoms with Crippen molar-refractivity contribution in [3.63, 3.8) is 0 Å². The Morgan fingerprint density at radius 3 is 2.43 bits per heavy atom. The predicted molar refractivity (Wildman–Crippen MR) is 89.8 cm³/mol. The Labute approximate surface area is 138 Å². The van der Waals surface area contributed by atoms with Crippen molar-refractivity contribution in [1.82, 2.24) is 9.80 Å². The molecular weight excluding hydrogens is 290 g/mol. The minimum atomic E-state index is -0.362. The van der Waals surface area contributed by atoms with Gasteiger partial charge in [-0.3, -0.25) is 9.69 Å². The third kappa shape index (κ3) is 4.31. The number of amides is 1. The van der Waals surface area contributed by atoms with Crippen LogP contribution in [0.4, 0.5) is 0 Å². The van der Waals surface area contributed by atoms with Gasteiger partial charge in [0.05, 0.1) is 6.04 Å². The lowest BCUT2D eigenvalue weighted by Crippen LogP contribution is -2.55. The van der Waals surface area contributed by atoms with Gasteiger partial charge >= 0.3 is 0 Å². The molecule has 0 radical (unpaired) electrons. The number of nitrogens with two attached hydrogens (primary N) is 1. The summed E-state index contributed by atoms with van der Waals surface area (Å²) in [5.74, 6) is 0.398. The van der Waals surface area contributed by atoms with Crippen molar-refractivity contribution in [2.75, 3.05) is 39.4 Å². The van der Waals surface area contributed by atoms with E-state index in [1.807, 2.05) is 11.0 Å². The molecule has 1 amide bonds. The molecule has 2 aliphatic heterocycles. The molecule has 3 rings (SSSR count). The van der Waals surface area contributed by atoms with Crippen LogP contribution in [0.15, 0.2) is 30.3 Å². The van der Waals surface area contributed by atoms with E-state index in [4.69, 9.17) is 10.5 Å². The van der Waals surface area contributed by atoms with E-state index in [0.29, 0.717) is 0 Å². The quantitative estimate of drug-likeness (QED) is 0.903. The molecule has 0 aromatic heterocycles. The number of benzene rings is 1. The van der Waals surface area contributed by atoms with Crippen LogP contribution in [0.1, 0.15) is 18.4 Å². The van der Waals surface area contributed by atoms with Gasteiger partial charge in [0, 0.05) is 45.9 Å². The van der Waals surface area contributed by atoms with Crippen molar-refractivity contribution in [3.8, 4) is 0 Å². The Hall–Kier alpha value is -1.43. The standard InChI is InChI=1S/C18H27N3O2/c19-17(16-6-12-23-13-7-16)18(22)21-10-8-20(9-11-21)14-15-4-2-1-3-5-15/h1-5,16-17H,6-14,19H2. The number of rotatable bonds is 4. The van der Waals surface area contributed by atoms with E-state index in [-0.39, 0.29) is 17.9 Å². The smallest absolute Gasteiger partial charge is 0.239 e. The molecule has 2 aliphatic rings. The van der Waals surface area contributed by atoms with E-state index in [9.17, 15) is 4.79 Å². The number of piperazine rings is 1. The molecule has 0 saturated carbocycles. The average molecular weight is 317 g/mol. The average Bonchev–Trinajstić information content (AvgIpc) is 2.63. The molecule has 2 fully saturated rings. The van der Waals surface area contributed by atoms with E-state index < -0.39 is 0 Å². The Balaban J connectivity index is 1.47. The molecule has 2 heterocycles. The summed E-state index contributed by atoms with van der Waals surface area (Å²) in [5.41, 5.74) is 7.55. The van der Waals surface area contributed by atoms with Crippen molar-refractivity contribution < 1.29 is 9.53 Å². The first kappa shape index (κ1) is 16.4. The monoisotopic (exact) mass is 317 g/mol. The first-order valence-electron chi connectivity index (χ1n) is 8.62. The van der Waals surface area contributed by atoms with Crippen LogP contribution in [0.5, 0.6) is 0 Å². The molecule has 5 heteroatoms. The maximum Gasteiger partial charge on any atom is 0.239 e. The maximum atomic E-state index is 12.6. The van der Waals surface area contributed by atoms with Gasteiger partial charge in [0.25, 0.3) is 0 Å². The first-order chi connectivity index (χ1) is 11.2. The van der Waals surface area contributed by atoms with Gasteiger partial charge in [-0.25, -0.2) is 0 Å². The third-order valence-electron chi connectivity index (χ3n) is 4.99. The lowest BCUT2D eigenvalue weighted by molar-refractivity contribution is -0.136. The fraction of sp³-hybridized carbons (Fsp3) is 0.611. The molecular formula is C18H27N3O2. The van der Waals surface area contributed by atoms with Gasteiger partial charge in [-0.2, -0.15) is 0 Å². The van der Waals surface area contributed by atoms with Gasteiger partial charge in [0.1, 0.15) is 0 Å². The highest BCUT2D eigenvalue weighted by atomic mass is 16.5. The summed E-state index contributed by atoms with van der Waals surface area (Å²) in [6.45, 7) is 5.81. The zero-order valence-corrected chi connectivity index (χ0v) is 13.7. The molecule has 5 nitrogen and oxygen atoms in total. The third-order valence-corrected chi connectivity index (χ3v) is 4.99. The van der Waals surface area contributed by atoms with E-state index in [1.165, 1.54) is 5.56 Å². The number of carbonyl (C=O) groups is 1. The van der Waals surface area contributed by atoms with Crippen LogP contribution in [-0.2, 0) is 16.1 Å². The van der Waals surface area contributed by atoms with Gasteiger partial charge < -0.3 is 15.4 Å². The maximum absolute atomic E-state index is 12.6. The highest BCUT2D eigenvalue weighted by Gasteiger charge is 2.31. The van der Waals surface area contributed by atoms with Crippen molar-refractivity contribution in [2.24, 2.45) is 11.7 Å². The minimum absolute atomic E-state index is 0.122. The Kier molecular flexibility index (Phi) is 5.65. The van der Waals surface area contributed by atoms with Gasteiger partial charge in [-0.15, -0.1) is 0 Å². The summed E-state index contributed by atoms with van der Waals surface area (Å²) in [7, 11) is 0. The van der Waals surface area contributed by atoms with Crippen molar-refractivity contribution in [1.29, 1.82) is 0 Å². The van der Waals surface area contributed by atoms with E-state index in [0.717, 1.165) is 58.8 Å². The summed E-state index contributed by atoms with van der Waals surface area (Å²) in [6, 6.07) is 10.1. The van der Waals surface area contributed by atoms with Crippen LogP contribution in [-0.4, -0.2) is 61.1 Å². The second-order valence-corrected chi connectivity index (χ2v) is 6.56. The number of ether oxygens (including phenoxy) is 1. The molecule has 1 unspecified atom stereocenters. The molecule has 0 spiro atoms. The summed E-state index contributed by atoms with van der Waals surface area (Å²) >= 11 is 0. The molecule has 2 saturated heterocycles. The second-order valence-electron chi connectivity index (χ2n) is 6.56. The largest absolute Gasteiger partial charge is 0.381 e. The van der Waals surface area contributed by atoms with Crippen molar-refractivity contribution in [2.45, 2.75) is 25.4 Å². The van der Waals surface area contributed by atoms with Crippen LogP contribution in [0, 0.1) is 5.92 Å². The van der Waals surface area contributed by atoms with E-state index in [2.05, 4.69) is 29.2 Å². The van der Waals surface area contributed by atoms with Crippen LogP contribution >= 0.6 is 0 Å². The number of hydrogen-bond acceptors (Lipinski definition) is 4. The summed E-state index contributed by atoms with van der Waals surface area (Å²) in [4.78, 5) is 17.0. The minimum Gasteiger partial charge on any atom is -0.381 e. The van der Waals surface area contributed by atoms with Gasteiger partial charge in [0.15, 0.2) is 0 Å². The zero-order valence-electron chi connectivity index (χ0n) is 13.7. The Bertz CT molecular complexity index is 494. The molecule has 1 aromatic carbocycles. The van der Waals surface area contributed by atoms with Crippen molar-refractivity contribution in [3.05, 3.63) is 35.9 Å². The normalized spacial score (nSPS) is 22.0. The molecule has 0 aliphatic carbocycles. The van der Waals surface area contributed by atoms with Crippen LogP contribution in [0.3, 0.4) is 0 Å². The topological polar surface area (TPSA) is 58.8 Å². The van der Waals surface area contributed by atoms with Gasteiger partial charge in [0.2, 0.25) is 5.91 Å². The lowest BCUT2D eigenvalue weighted by Gasteiger charge is -2.37. The molecule has 126 valence electrons. The second kappa shape index (κ2) is 7.90. The van der Waals surface area contributed by atoms with E-state index in [1.54, 1.807) is 0 Å². The zero-order chi connectivity index (χ0) is 16.1. The molecule has 2 N–H and O–H groups in total. The van der Waals surface area contributed by atoms with Gasteiger partial charge in [-0.05, 0) is 24.3 Å². The molecule has 23 heavy (non-hydrogen) atoms. The predicted octanol–water partition coefficient (Wildman–Crippen LogP) is 1.08. The summed E-state index contributed by atoms with van der Waals surface area (Å²) < 4.78 is 5.36. The summed E-state index contributed by atoms with van der Waals surface area (Å²) in [5, 5.41) is 0. The number of nitrogens with zero attached hydrogens (tertiary/aromatic N) is 2. The SMILES string of the molecule is NC(C(=O)N1CCN(Cc2ccccc2)CC1)C1CCOCC1. The van der Waals surface area contributed by atoms with Gasteiger partial charge in [-0.1, -0.05) is 30.3 Å². The molecule has 0 bridgehead atoms. The number of hydrogen-bond donors (Lipinski definition) is 1. The Morgan fingerprint density at radius 1 is 1.13 bits per heavy atom. The lowest BCUT2D eigenvalue weighted by atomic mass is 9.91.